The van der Waals surface area contributed by atoms with Crippen molar-refractivity contribution in [2.45, 2.75) is 50.4 Å². The van der Waals surface area contributed by atoms with Gasteiger partial charge in [0.2, 0.25) is 0 Å². The average Bonchev–Trinajstić information content (AvgIpc) is 3.54. The van der Waals surface area contributed by atoms with Crippen LogP contribution >= 0.6 is 0 Å². The van der Waals surface area contributed by atoms with Crippen LogP contribution in [0.3, 0.4) is 0 Å². The zero-order valence-corrected chi connectivity index (χ0v) is 14.2. The van der Waals surface area contributed by atoms with Crippen LogP contribution in [0.4, 0.5) is 0 Å². The van der Waals surface area contributed by atoms with Crippen LogP contribution in [-0.4, -0.2) is 5.78 Å². The van der Waals surface area contributed by atoms with E-state index in [4.69, 9.17) is 0 Å². The van der Waals surface area contributed by atoms with Crippen molar-refractivity contribution in [3.8, 4) is 0 Å². The first-order chi connectivity index (χ1) is 11.8. The molecule has 0 saturated heterocycles. The number of hydrogen-bond donors (Lipinski definition) is 0. The number of carbonyl (C=O) groups excluding carboxylic acids is 1. The Kier molecular flexibility index (Phi) is 4.51. The number of hydrogen-bond acceptors (Lipinski definition) is 1. The molecule has 4 rings (SSSR count). The molecule has 2 saturated carbocycles. The molecule has 2 aliphatic rings. The summed E-state index contributed by atoms with van der Waals surface area (Å²) in [5.74, 6) is 3.39. The van der Waals surface area contributed by atoms with Gasteiger partial charge in [-0.15, -0.1) is 0 Å². The Labute approximate surface area is 145 Å². The Morgan fingerprint density at radius 1 is 0.708 bits per heavy atom. The fourth-order valence-electron chi connectivity index (χ4n) is 4.17. The highest BCUT2D eigenvalue weighted by Crippen LogP contribution is 2.51. The first kappa shape index (κ1) is 15.6. The van der Waals surface area contributed by atoms with Crippen molar-refractivity contribution >= 4 is 5.78 Å². The van der Waals surface area contributed by atoms with Gasteiger partial charge >= 0.3 is 0 Å². The molecule has 24 heavy (non-hydrogen) atoms. The molecule has 2 unspecified atom stereocenters. The van der Waals surface area contributed by atoms with Crippen LogP contribution in [0.15, 0.2) is 60.7 Å². The van der Waals surface area contributed by atoms with E-state index >= 15 is 0 Å². The minimum absolute atomic E-state index is 0.479. The van der Waals surface area contributed by atoms with Crippen molar-refractivity contribution in [2.24, 2.45) is 11.8 Å². The molecular weight excluding hydrogens is 292 g/mol. The topological polar surface area (TPSA) is 17.1 Å². The summed E-state index contributed by atoms with van der Waals surface area (Å²) >= 11 is 0. The van der Waals surface area contributed by atoms with Gasteiger partial charge in [-0.3, -0.25) is 4.79 Å². The third-order valence-corrected chi connectivity index (χ3v) is 5.89. The Bertz CT molecular complexity index is 616. The fraction of sp³-hybridized carbons (Fsp3) is 0.435. The van der Waals surface area contributed by atoms with Gasteiger partial charge < -0.3 is 0 Å². The lowest BCUT2D eigenvalue weighted by Crippen LogP contribution is -2.00. The molecule has 0 aliphatic heterocycles. The number of rotatable bonds is 8. The molecule has 2 aliphatic carbocycles. The number of Topliss-reactive ketones (excluding diaryl/α,β-unsaturated/α-hetero) is 1. The third kappa shape index (κ3) is 3.77. The van der Waals surface area contributed by atoms with Crippen LogP contribution in [0.1, 0.15) is 61.5 Å². The molecule has 1 nitrogen and oxygen atoms in total. The van der Waals surface area contributed by atoms with Crippen molar-refractivity contribution in [1.82, 2.24) is 0 Å². The van der Waals surface area contributed by atoms with Gasteiger partial charge in [0, 0.05) is 12.8 Å². The molecule has 2 aromatic carbocycles. The molecule has 4 atom stereocenters. The van der Waals surface area contributed by atoms with E-state index in [1.165, 1.54) is 24.0 Å². The molecule has 0 aromatic heterocycles. The molecule has 0 spiro atoms. The summed E-state index contributed by atoms with van der Waals surface area (Å²) in [6, 6.07) is 21.5. The molecule has 124 valence electrons. The highest BCUT2D eigenvalue weighted by Gasteiger charge is 2.39. The second-order valence-corrected chi connectivity index (χ2v) is 7.64. The lowest BCUT2D eigenvalue weighted by Gasteiger charge is -2.03. The number of ketones is 1. The second kappa shape index (κ2) is 6.93. The summed E-state index contributed by atoms with van der Waals surface area (Å²) in [4.78, 5) is 12.2. The quantitative estimate of drug-likeness (QED) is 0.608. The minimum Gasteiger partial charge on any atom is -0.300 e. The molecule has 2 fully saturated rings. The summed E-state index contributed by atoms with van der Waals surface area (Å²) in [6.07, 6.45) is 6.30. The fourth-order valence-corrected chi connectivity index (χ4v) is 4.17. The molecular formula is C23H26O. The molecule has 0 amide bonds. The smallest absolute Gasteiger partial charge is 0.132 e. The maximum atomic E-state index is 12.2. The van der Waals surface area contributed by atoms with Crippen molar-refractivity contribution < 1.29 is 4.79 Å². The second-order valence-electron chi connectivity index (χ2n) is 7.64. The van der Waals surface area contributed by atoms with E-state index in [1.807, 2.05) is 0 Å². The van der Waals surface area contributed by atoms with Gasteiger partial charge in [0.1, 0.15) is 5.78 Å². The first-order valence-electron chi connectivity index (χ1n) is 9.43. The van der Waals surface area contributed by atoms with Gasteiger partial charge in [0.05, 0.1) is 0 Å². The van der Waals surface area contributed by atoms with Crippen LogP contribution in [0, 0.1) is 11.8 Å². The van der Waals surface area contributed by atoms with Gasteiger partial charge in [-0.25, -0.2) is 0 Å². The Morgan fingerprint density at radius 3 is 1.54 bits per heavy atom. The molecule has 0 heterocycles. The average molecular weight is 318 g/mol. The van der Waals surface area contributed by atoms with Crippen LogP contribution in [0.5, 0.6) is 0 Å². The zero-order valence-electron chi connectivity index (χ0n) is 14.2. The predicted octanol–water partition coefficient (Wildman–Crippen LogP) is 5.72. The molecule has 0 N–H and O–H groups in total. The summed E-state index contributed by atoms with van der Waals surface area (Å²) < 4.78 is 0. The predicted molar refractivity (Wildman–Crippen MR) is 98.1 cm³/mol. The summed E-state index contributed by atoms with van der Waals surface area (Å²) in [7, 11) is 0. The molecule has 0 radical (unpaired) electrons. The molecule has 1 heteroatoms. The zero-order chi connectivity index (χ0) is 16.4. The summed E-state index contributed by atoms with van der Waals surface area (Å²) in [5.41, 5.74) is 2.91. The van der Waals surface area contributed by atoms with E-state index in [-0.39, 0.29) is 0 Å². The van der Waals surface area contributed by atoms with Crippen LogP contribution in [0.25, 0.3) is 0 Å². The van der Waals surface area contributed by atoms with E-state index in [0.29, 0.717) is 17.6 Å². The van der Waals surface area contributed by atoms with Crippen LogP contribution < -0.4 is 0 Å². The maximum absolute atomic E-state index is 12.2. The Balaban J connectivity index is 1.14. The van der Waals surface area contributed by atoms with Gasteiger partial charge in [0.15, 0.2) is 0 Å². The van der Waals surface area contributed by atoms with E-state index in [9.17, 15) is 4.79 Å². The molecule has 0 bridgehead atoms. The first-order valence-corrected chi connectivity index (χ1v) is 9.43. The summed E-state index contributed by atoms with van der Waals surface area (Å²) in [5, 5.41) is 0. The highest BCUT2D eigenvalue weighted by molar-refractivity contribution is 5.78. The standard InChI is InChI=1S/C23H26O/c24-21(13-11-19-15-22(19)17-7-3-1-4-8-17)14-12-20-16-23(20)18-9-5-2-6-10-18/h1-10,19-20,22-23H,11-16H2/t19-,20?,22+,23?/m1/s1. The lowest BCUT2D eigenvalue weighted by molar-refractivity contribution is -0.119. The SMILES string of the molecule is O=C(CCC1CC1c1ccccc1)CC[C@@H]1C[C@H]1c1ccccc1. The lowest BCUT2D eigenvalue weighted by atomic mass is 10.0. The Hall–Kier alpha value is -1.89. The van der Waals surface area contributed by atoms with E-state index in [1.54, 1.807) is 0 Å². The van der Waals surface area contributed by atoms with Gasteiger partial charge in [-0.05, 0) is 60.5 Å². The van der Waals surface area contributed by atoms with Crippen molar-refractivity contribution in [3.63, 3.8) is 0 Å². The third-order valence-electron chi connectivity index (χ3n) is 5.89. The van der Waals surface area contributed by atoms with Gasteiger partial charge in [0.25, 0.3) is 0 Å². The number of carbonyl (C=O) groups is 1. The van der Waals surface area contributed by atoms with Gasteiger partial charge in [-0.2, -0.15) is 0 Å². The van der Waals surface area contributed by atoms with Crippen LogP contribution in [-0.2, 0) is 4.79 Å². The number of benzene rings is 2. The normalized spacial score (nSPS) is 27.7. The largest absolute Gasteiger partial charge is 0.300 e. The van der Waals surface area contributed by atoms with Crippen LogP contribution in [0.2, 0.25) is 0 Å². The van der Waals surface area contributed by atoms with E-state index in [2.05, 4.69) is 60.7 Å². The van der Waals surface area contributed by atoms with Crippen molar-refractivity contribution in [2.75, 3.05) is 0 Å². The van der Waals surface area contributed by atoms with Crippen molar-refractivity contribution in [3.05, 3.63) is 71.8 Å². The van der Waals surface area contributed by atoms with Gasteiger partial charge in [-0.1, -0.05) is 60.7 Å². The Morgan fingerprint density at radius 2 is 1.12 bits per heavy atom. The minimum atomic E-state index is 0.479. The van der Waals surface area contributed by atoms with Crippen molar-refractivity contribution in [1.29, 1.82) is 0 Å². The molecule has 2 aromatic rings. The van der Waals surface area contributed by atoms with E-state index in [0.717, 1.165) is 37.5 Å². The summed E-state index contributed by atoms with van der Waals surface area (Å²) in [6.45, 7) is 0. The highest BCUT2D eigenvalue weighted by atomic mass is 16.1. The monoisotopic (exact) mass is 318 g/mol. The maximum Gasteiger partial charge on any atom is 0.132 e. The van der Waals surface area contributed by atoms with E-state index < -0.39 is 0 Å².